The Hall–Kier alpha value is 0.140. The molecule has 1 heterocycles. The van der Waals surface area contributed by atoms with Crippen molar-refractivity contribution in [2.24, 2.45) is 0 Å². The molecular weight excluding hydrogens is 212 g/mol. The Labute approximate surface area is 72.8 Å². The fraction of sp³-hybridized carbons (Fsp3) is 0.429. The van der Waals surface area contributed by atoms with Crippen LogP contribution in [0.2, 0.25) is 0 Å². The first-order chi connectivity index (χ1) is 4.74. The molecule has 0 aromatic carbocycles. The average Bonchev–Trinajstić information content (AvgIpc) is 2.34. The number of halogens is 1. The first-order valence-corrected chi connectivity index (χ1v) is 4.83. The SMILES string of the molecule is CCC(O)c1cc(Br)cs1. The predicted molar refractivity (Wildman–Crippen MR) is 47.3 cm³/mol. The van der Waals surface area contributed by atoms with Crippen LogP contribution in [0.4, 0.5) is 0 Å². The Morgan fingerprint density at radius 2 is 2.50 bits per heavy atom. The zero-order chi connectivity index (χ0) is 7.56. The number of rotatable bonds is 2. The molecule has 0 fully saturated rings. The van der Waals surface area contributed by atoms with Gasteiger partial charge in [0.1, 0.15) is 0 Å². The van der Waals surface area contributed by atoms with Crippen molar-refractivity contribution in [1.29, 1.82) is 0 Å². The summed E-state index contributed by atoms with van der Waals surface area (Å²) in [7, 11) is 0. The molecule has 0 radical (unpaired) electrons. The van der Waals surface area contributed by atoms with E-state index in [1.165, 1.54) is 0 Å². The van der Waals surface area contributed by atoms with E-state index in [2.05, 4.69) is 15.9 Å². The minimum absolute atomic E-state index is 0.281. The molecule has 56 valence electrons. The fourth-order valence-electron chi connectivity index (χ4n) is 0.704. The second-order valence-electron chi connectivity index (χ2n) is 2.09. The van der Waals surface area contributed by atoms with Crippen molar-refractivity contribution < 1.29 is 5.11 Å². The van der Waals surface area contributed by atoms with Gasteiger partial charge in [0.2, 0.25) is 0 Å². The molecule has 1 atom stereocenters. The van der Waals surface area contributed by atoms with Gasteiger partial charge in [-0.05, 0) is 28.4 Å². The van der Waals surface area contributed by atoms with E-state index in [-0.39, 0.29) is 6.10 Å². The maximum atomic E-state index is 9.33. The Morgan fingerprint density at radius 1 is 1.80 bits per heavy atom. The summed E-state index contributed by atoms with van der Waals surface area (Å²) >= 11 is 4.91. The van der Waals surface area contributed by atoms with Crippen LogP contribution in [-0.4, -0.2) is 5.11 Å². The number of aliphatic hydroxyl groups is 1. The molecule has 1 aromatic heterocycles. The van der Waals surface area contributed by atoms with Crippen molar-refractivity contribution >= 4 is 27.3 Å². The lowest BCUT2D eigenvalue weighted by molar-refractivity contribution is 0.177. The van der Waals surface area contributed by atoms with Gasteiger partial charge in [-0.1, -0.05) is 6.92 Å². The van der Waals surface area contributed by atoms with Crippen LogP contribution in [0.1, 0.15) is 24.3 Å². The van der Waals surface area contributed by atoms with Crippen molar-refractivity contribution in [1.82, 2.24) is 0 Å². The van der Waals surface area contributed by atoms with Crippen LogP contribution in [0.5, 0.6) is 0 Å². The molecule has 0 amide bonds. The molecule has 1 nitrogen and oxygen atoms in total. The molecule has 3 heteroatoms. The highest BCUT2D eigenvalue weighted by molar-refractivity contribution is 9.10. The van der Waals surface area contributed by atoms with E-state index in [4.69, 9.17) is 0 Å². The third-order valence-corrected chi connectivity index (χ3v) is 3.10. The minimum Gasteiger partial charge on any atom is -0.388 e. The van der Waals surface area contributed by atoms with E-state index in [0.717, 1.165) is 15.8 Å². The molecule has 1 unspecified atom stereocenters. The van der Waals surface area contributed by atoms with Gasteiger partial charge in [-0.2, -0.15) is 0 Å². The molecule has 10 heavy (non-hydrogen) atoms. The first-order valence-electron chi connectivity index (χ1n) is 3.16. The summed E-state index contributed by atoms with van der Waals surface area (Å²) in [5, 5.41) is 11.3. The van der Waals surface area contributed by atoms with E-state index in [0.29, 0.717) is 0 Å². The van der Waals surface area contributed by atoms with Gasteiger partial charge in [0.15, 0.2) is 0 Å². The highest BCUT2D eigenvalue weighted by Crippen LogP contribution is 2.26. The van der Waals surface area contributed by atoms with E-state index >= 15 is 0 Å². The molecule has 1 N–H and O–H groups in total. The van der Waals surface area contributed by atoms with Crippen molar-refractivity contribution in [2.45, 2.75) is 19.4 Å². The number of thiophene rings is 1. The van der Waals surface area contributed by atoms with Crippen molar-refractivity contribution in [3.63, 3.8) is 0 Å². The standard InChI is InChI=1S/C7H9BrOS/c1-2-6(9)7-3-5(8)4-10-7/h3-4,6,9H,2H2,1H3. The second kappa shape index (κ2) is 3.51. The highest BCUT2D eigenvalue weighted by Gasteiger charge is 2.05. The van der Waals surface area contributed by atoms with Crippen LogP contribution in [0.15, 0.2) is 15.9 Å². The molecule has 1 aromatic rings. The van der Waals surface area contributed by atoms with Gasteiger partial charge in [-0.25, -0.2) is 0 Å². The monoisotopic (exact) mass is 220 g/mol. The van der Waals surface area contributed by atoms with E-state index in [1.807, 2.05) is 18.4 Å². The maximum absolute atomic E-state index is 9.33. The smallest absolute Gasteiger partial charge is 0.0879 e. The molecular formula is C7H9BrOS. The summed E-state index contributed by atoms with van der Waals surface area (Å²) in [6.07, 6.45) is 0.503. The van der Waals surface area contributed by atoms with E-state index in [1.54, 1.807) is 11.3 Å². The van der Waals surface area contributed by atoms with Gasteiger partial charge in [0.05, 0.1) is 6.10 Å². The van der Waals surface area contributed by atoms with Crippen LogP contribution in [0.3, 0.4) is 0 Å². The van der Waals surface area contributed by atoms with Crippen molar-refractivity contribution in [3.8, 4) is 0 Å². The Balaban J connectivity index is 2.74. The quantitative estimate of drug-likeness (QED) is 0.813. The lowest BCUT2D eigenvalue weighted by Crippen LogP contribution is -1.89. The molecule has 0 aliphatic heterocycles. The van der Waals surface area contributed by atoms with Gasteiger partial charge in [-0.15, -0.1) is 11.3 Å². The predicted octanol–water partition coefficient (Wildman–Crippen LogP) is 2.95. The summed E-state index contributed by atoms with van der Waals surface area (Å²) in [5.74, 6) is 0. The Bertz CT molecular complexity index is 209. The summed E-state index contributed by atoms with van der Waals surface area (Å²) < 4.78 is 1.06. The van der Waals surface area contributed by atoms with Crippen LogP contribution >= 0.6 is 27.3 Å². The summed E-state index contributed by atoms with van der Waals surface area (Å²) in [4.78, 5) is 1.04. The minimum atomic E-state index is -0.281. The average molecular weight is 221 g/mol. The van der Waals surface area contributed by atoms with Crippen LogP contribution in [-0.2, 0) is 0 Å². The zero-order valence-corrected chi connectivity index (χ0v) is 8.08. The normalized spacial score (nSPS) is 13.5. The third kappa shape index (κ3) is 1.81. The molecule has 0 aliphatic carbocycles. The Morgan fingerprint density at radius 3 is 2.90 bits per heavy atom. The second-order valence-corrected chi connectivity index (χ2v) is 3.95. The largest absolute Gasteiger partial charge is 0.388 e. The summed E-state index contributed by atoms with van der Waals surface area (Å²) in [6.45, 7) is 1.97. The van der Waals surface area contributed by atoms with E-state index < -0.39 is 0 Å². The lowest BCUT2D eigenvalue weighted by atomic mass is 10.2. The molecule has 0 saturated heterocycles. The van der Waals surface area contributed by atoms with Gasteiger partial charge < -0.3 is 5.11 Å². The van der Waals surface area contributed by atoms with Gasteiger partial charge in [-0.3, -0.25) is 0 Å². The molecule has 0 spiro atoms. The molecule has 0 bridgehead atoms. The highest BCUT2D eigenvalue weighted by atomic mass is 79.9. The number of hydrogen-bond donors (Lipinski definition) is 1. The zero-order valence-electron chi connectivity index (χ0n) is 5.67. The Kier molecular flexibility index (Phi) is 2.89. The summed E-state index contributed by atoms with van der Waals surface area (Å²) in [6, 6.07) is 1.96. The maximum Gasteiger partial charge on any atom is 0.0879 e. The van der Waals surface area contributed by atoms with Crippen molar-refractivity contribution in [2.75, 3.05) is 0 Å². The topological polar surface area (TPSA) is 20.2 Å². The van der Waals surface area contributed by atoms with Gasteiger partial charge in [0, 0.05) is 14.7 Å². The number of hydrogen-bond acceptors (Lipinski definition) is 2. The van der Waals surface area contributed by atoms with E-state index in [9.17, 15) is 5.11 Å². The number of aliphatic hydroxyl groups excluding tert-OH is 1. The molecule has 1 rings (SSSR count). The fourth-order valence-corrected chi connectivity index (χ4v) is 2.22. The van der Waals surface area contributed by atoms with Gasteiger partial charge >= 0.3 is 0 Å². The molecule has 0 saturated carbocycles. The van der Waals surface area contributed by atoms with Crippen LogP contribution < -0.4 is 0 Å². The van der Waals surface area contributed by atoms with Crippen LogP contribution in [0.25, 0.3) is 0 Å². The lowest BCUT2D eigenvalue weighted by Gasteiger charge is -2.01. The van der Waals surface area contributed by atoms with Gasteiger partial charge in [0.25, 0.3) is 0 Å². The molecule has 0 aliphatic rings. The summed E-state index contributed by atoms with van der Waals surface area (Å²) in [5.41, 5.74) is 0. The third-order valence-electron chi connectivity index (χ3n) is 1.30. The van der Waals surface area contributed by atoms with Crippen molar-refractivity contribution in [3.05, 3.63) is 20.8 Å². The van der Waals surface area contributed by atoms with Crippen LogP contribution in [0, 0.1) is 0 Å². The first kappa shape index (κ1) is 8.24.